The van der Waals surface area contributed by atoms with Gasteiger partial charge in [-0.3, -0.25) is 9.78 Å². The molecule has 1 aliphatic rings. The van der Waals surface area contributed by atoms with Crippen LogP contribution in [0.25, 0.3) is 32.9 Å². The number of halogens is 3. The Hall–Kier alpha value is -4.21. The van der Waals surface area contributed by atoms with E-state index < -0.39 is 12.2 Å². The van der Waals surface area contributed by atoms with E-state index in [1.807, 2.05) is 4.90 Å². The Labute approximate surface area is 211 Å². The van der Waals surface area contributed by atoms with Crippen LogP contribution in [0.15, 0.2) is 55.3 Å². The van der Waals surface area contributed by atoms with E-state index in [2.05, 4.69) is 21.5 Å². The Kier molecular flexibility index (Phi) is 6.41. The first-order valence-electron chi connectivity index (χ1n) is 11.7. The summed E-state index contributed by atoms with van der Waals surface area (Å²) >= 11 is 0. The van der Waals surface area contributed by atoms with E-state index in [9.17, 15) is 13.6 Å². The van der Waals surface area contributed by atoms with Gasteiger partial charge in [-0.15, -0.1) is 0 Å². The number of pyridine rings is 1. The van der Waals surface area contributed by atoms with Crippen molar-refractivity contribution >= 4 is 33.4 Å². The van der Waals surface area contributed by atoms with Crippen molar-refractivity contribution in [1.29, 1.82) is 0 Å². The summed E-state index contributed by atoms with van der Waals surface area (Å²) in [6.07, 6.45) is 0.670. The van der Waals surface area contributed by atoms with Crippen molar-refractivity contribution in [2.75, 3.05) is 32.1 Å². The fourth-order valence-electron chi connectivity index (χ4n) is 4.88. The highest BCUT2D eigenvalue weighted by molar-refractivity contribution is 6.01. The molecule has 2 aromatic heterocycles. The van der Waals surface area contributed by atoms with Gasteiger partial charge in [0.05, 0.1) is 12.5 Å². The lowest BCUT2D eigenvalue weighted by atomic mass is 9.96. The first-order chi connectivity index (χ1) is 17.8. The maximum Gasteiger partial charge on any atom is 0.318 e. The number of methoxy groups -OCH3 is 1. The number of carbonyl (C=O) groups is 1. The molecule has 1 unspecified atom stereocenters. The highest BCUT2D eigenvalue weighted by Crippen LogP contribution is 2.38. The van der Waals surface area contributed by atoms with E-state index in [-0.39, 0.29) is 45.7 Å². The van der Waals surface area contributed by atoms with Gasteiger partial charge in [0.2, 0.25) is 5.91 Å². The number of hydrogen-bond donors (Lipinski definition) is 0. The van der Waals surface area contributed by atoms with Gasteiger partial charge < -0.3 is 14.5 Å². The molecule has 1 fully saturated rings. The molecule has 37 heavy (non-hydrogen) atoms. The minimum absolute atomic E-state index is 0.0396. The Balaban J connectivity index is 1.65. The second-order valence-electron chi connectivity index (χ2n) is 8.81. The van der Waals surface area contributed by atoms with Crippen molar-refractivity contribution in [3.05, 3.63) is 66.6 Å². The van der Waals surface area contributed by atoms with Crippen LogP contribution in [-0.2, 0) is 4.79 Å². The van der Waals surface area contributed by atoms with Crippen LogP contribution in [0.4, 0.5) is 19.0 Å². The lowest BCUT2D eigenvalue weighted by molar-refractivity contribution is -0.125. The zero-order chi connectivity index (χ0) is 26.3. The Morgan fingerprint density at radius 1 is 1.24 bits per heavy atom. The number of hydrogen-bond acceptors (Lipinski definition) is 6. The average Bonchev–Trinajstić information content (AvgIpc) is 3.42. The lowest BCUT2D eigenvalue weighted by Crippen LogP contribution is -2.36. The molecule has 0 bridgehead atoms. The predicted octanol–water partition coefficient (Wildman–Crippen LogP) is 5.15. The highest BCUT2D eigenvalue weighted by Gasteiger charge is 2.30. The number of aromatic nitrogens is 3. The van der Waals surface area contributed by atoms with Gasteiger partial charge in [-0.2, -0.15) is 9.97 Å². The summed E-state index contributed by atoms with van der Waals surface area (Å²) in [5.74, 6) is -0.528. The average molecular weight is 508 g/mol. The van der Waals surface area contributed by atoms with Crippen molar-refractivity contribution in [2.24, 2.45) is 0 Å². The quantitative estimate of drug-likeness (QED) is 0.336. The third-order valence-corrected chi connectivity index (χ3v) is 6.78. The molecule has 7 nitrogen and oxygen atoms in total. The second kappa shape index (κ2) is 9.68. The van der Waals surface area contributed by atoms with Crippen LogP contribution in [0.3, 0.4) is 0 Å². The molecule has 1 aliphatic heterocycles. The molecule has 1 amide bonds. The van der Waals surface area contributed by atoms with Crippen LogP contribution < -0.4 is 9.64 Å². The molecule has 10 heteroatoms. The number of amides is 1. The van der Waals surface area contributed by atoms with Crippen LogP contribution in [0.5, 0.6) is 6.01 Å². The molecule has 0 aliphatic carbocycles. The van der Waals surface area contributed by atoms with Gasteiger partial charge >= 0.3 is 6.01 Å². The van der Waals surface area contributed by atoms with E-state index in [0.717, 1.165) is 0 Å². The number of fused-ring (bicyclic) bond motifs is 2. The molecular weight excluding hydrogens is 483 g/mol. The summed E-state index contributed by atoms with van der Waals surface area (Å²) < 4.78 is 49.0. The van der Waals surface area contributed by atoms with Crippen LogP contribution in [0, 0.1) is 5.82 Å². The molecule has 4 aromatic rings. The van der Waals surface area contributed by atoms with Crippen LogP contribution in [0.1, 0.15) is 18.4 Å². The van der Waals surface area contributed by atoms with E-state index in [1.165, 1.54) is 25.4 Å². The Morgan fingerprint density at radius 2 is 2.00 bits per heavy atom. The van der Waals surface area contributed by atoms with Gasteiger partial charge in [0.1, 0.15) is 17.0 Å². The normalized spacial score (nSPS) is 15.5. The fraction of sp³-hybridized carbons (Fsp3) is 0.259. The summed E-state index contributed by atoms with van der Waals surface area (Å²) in [6, 6.07) is 9.39. The molecule has 2 aromatic carbocycles. The van der Waals surface area contributed by atoms with Gasteiger partial charge in [0.15, 0.2) is 5.82 Å². The zero-order valence-corrected chi connectivity index (χ0v) is 20.3. The Morgan fingerprint density at radius 3 is 2.70 bits per heavy atom. The number of alkyl halides is 2. The SMILES string of the molecule is C=CC(=O)N1CCC(N(C)c2nc(OC)nc3c(F)c(-c4cccc5cccc(C(F)F)c45)ncc23)C1. The molecule has 0 N–H and O–H groups in total. The molecule has 0 spiro atoms. The number of rotatable bonds is 6. The summed E-state index contributed by atoms with van der Waals surface area (Å²) in [5, 5.41) is 1.13. The molecule has 3 heterocycles. The first-order valence-corrected chi connectivity index (χ1v) is 11.7. The van der Waals surface area contributed by atoms with Crippen molar-refractivity contribution in [2.45, 2.75) is 18.9 Å². The van der Waals surface area contributed by atoms with Gasteiger partial charge in [-0.1, -0.05) is 43.0 Å². The molecule has 0 radical (unpaired) electrons. The molecule has 1 saturated heterocycles. The van der Waals surface area contributed by atoms with Crippen molar-refractivity contribution in [3.63, 3.8) is 0 Å². The van der Waals surface area contributed by atoms with Crippen LogP contribution in [0.2, 0.25) is 0 Å². The number of nitrogens with zero attached hydrogens (tertiary/aromatic N) is 5. The van der Waals surface area contributed by atoms with Crippen LogP contribution >= 0.6 is 0 Å². The summed E-state index contributed by atoms with van der Waals surface area (Å²) in [4.78, 5) is 28.6. The lowest BCUT2D eigenvalue weighted by Gasteiger charge is -2.27. The number of likely N-dealkylation sites (N-methyl/N-ethyl adjacent to an activating group) is 1. The van der Waals surface area contributed by atoms with E-state index in [1.54, 1.807) is 42.3 Å². The van der Waals surface area contributed by atoms with Crippen molar-refractivity contribution < 1.29 is 22.7 Å². The number of likely N-dealkylation sites (tertiary alicyclic amines) is 1. The predicted molar refractivity (Wildman–Crippen MR) is 135 cm³/mol. The minimum atomic E-state index is -2.74. The van der Waals surface area contributed by atoms with Crippen molar-refractivity contribution in [3.8, 4) is 17.3 Å². The largest absolute Gasteiger partial charge is 0.467 e. The summed E-state index contributed by atoms with van der Waals surface area (Å²) in [7, 11) is 3.18. The number of carbonyl (C=O) groups excluding carboxylic acids is 1. The third-order valence-electron chi connectivity index (χ3n) is 6.78. The molecule has 0 saturated carbocycles. The van der Waals surface area contributed by atoms with Crippen molar-refractivity contribution in [1.82, 2.24) is 19.9 Å². The topological polar surface area (TPSA) is 71.5 Å². The van der Waals surface area contributed by atoms with E-state index in [0.29, 0.717) is 36.1 Å². The number of anilines is 1. The van der Waals surface area contributed by atoms with E-state index in [4.69, 9.17) is 4.74 Å². The fourth-order valence-corrected chi connectivity index (χ4v) is 4.88. The third kappa shape index (κ3) is 4.22. The smallest absolute Gasteiger partial charge is 0.318 e. The standard InChI is InChI=1S/C27H24F3N5O2/c1-4-20(36)35-12-11-16(14-35)34(2)26-19-13-31-23(22(28)24(19)32-27(33-26)37-3)17-9-5-7-15-8-6-10-18(21(15)17)25(29)30/h4-10,13,16,25H,1,11-12,14H2,2-3H3. The van der Waals surface area contributed by atoms with Gasteiger partial charge in [-0.25, -0.2) is 13.2 Å². The number of ether oxygens (including phenoxy) is 1. The van der Waals surface area contributed by atoms with Gasteiger partial charge in [-0.05, 0) is 17.9 Å². The maximum atomic E-state index is 16.1. The minimum Gasteiger partial charge on any atom is -0.467 e. The monoisotopic (exact) mass is 507 g/mol. The van der Waals surface area contributed by atoms with Gasteiger partial charge in [0, 0.05) is 48.9 Å². The highest BCUT2D eigenvalue weighted by atomic mass is 19.3. The van der Waals surface area contributed by atoms with Gasteiger partial charge in [0.25, 0.3) is 6.43 Å². The molecule has 190 valence electrons. The summed E-state index contributed by atoms with van der Waals surface area (Å²) in [5.41, 5.74) is -0.0870. The first kappa shape index (κ1) is 24.5. The Bertz CT molecular complexity index is 1520. The summed E-state index contributed by atoms with van der Waals surface area (Å²) in [6.45, 7) is 4.55. The number of benzene rings is 2. The molecule has 1 atom stereocenters. The molecular formula is C27H24F3N5O2. The maximum absolute atomic E-state index is 16.1. The second-order valence-corrected chi connectivity index (χ2v) is 8.81. The van der Waals surface area contributed by atoms with E-state index >= 15 is 4.39 Å². The molecule has 5 rings (SSSR count). The zero-order valence-electron chi connectivity index (χ0n) is 20.3. The van der Waals surface area contributed by atoms with Crippen LogP contribution in [-0.4, -0.2) is 59.0 Å².